The molecule has 0 bridgehead atoms. The van der Waals surface area contributed by atoms with Gasteiger partial charge < -0.3 is 4.90 Å². The Bertz CT molecular complexity index is 914. The summed E-state index contributed by atoms with van der Waals surface area (Å²) in [6, 6.07) is 7.77. The fourth-order valence-corrected chi connectivity index (χ4v) is 4.61. The molecule has 0 aliphatic carbocycles. The second kappa shape index (κ2) is 7.65. The predicted octanol–water partition coefficient (Wildman–Crippen LogP) is 3.70. The lowest BCUT2D eigenvalue weighted by atomic mass is 10.1. The number of rotatable bonds is 4. The molecule has 0 atom stereocenters. The first-order valence-corrected chi connectivity index (χ1v) is 10.1. The molecular weight excluding hydrogens is 403 g/mol. The van der Waals surface area contributed by atoms with Crippen molar-refractivity contribution in [3.63, 3.8) is 0 Å². The predicted molar refractivity (Wildman–Crippen MR) is 96.2 cm³/mol. The van der Waals surface area contributed by atoms with Crippen molar-refractivity contribution in [2.45, 2.75) is 30.0 Å². The molecule has 146 valence electrons. The van der Waals surface area contributed by atoms with Gasteiger partial charge in [-0.3, -0.25) is 0 Å². The molecule has 1 aliphatic heterocycles. The van der Waals surface area contributed by atoms with Crippen LogP contribution in [0.4, 0.5) is 19.0 Å². The molecule has 1 aliphatic rings. The van der Waals surface area contributed by atoms with E-state index >= 15 is 0 Å². The number of sulfonamides is 1. The molecule has 1 saturated heterocycles. The van der Waals surface area contributed by atoms with Crippen molar-refractivity contribution in [2.75, 3.05) is 18.0 Å². The number of pyridine rings is 1. The van der Waals surface area contributed by atoms with Crippen LogP contribution >= 0.6 is 11.6 Å². The number of alkyl halides is 3. The number of aromatic nitrogens is 1. The number of piperidine rings is 1. The van der Waals surface area contributed by atoms with Crippen molar-refractivity contribution in [1.82, 2.24) is 9.71 Å². The molecule has 2 heterocycles. The van der Waals surface area contributed by atoms with Gasteiger partial charge in [-0.2, -0.15) is 13.2 Å². The van der Waals surface area contributed by atoms with Crippen LogP contribution in [0.3, 0.4) is 0 Å². The summed E-state index contributed by atoms with van der Waals surface area (Å²) < 4.78 is 67.0. The number of anilines is 1. The Hall–Kier alpha value is -1.84. The highest BCUT2D eigenvalue weighted by atomic mass is 35.5. The topological polar surface area (TPSA) is 62.3 Å². The molecule has 0 unspecified atom stereocenters. The van der Waals surface area contributed by atoms with E-state index in [2.05, 4.69) is 9.71 Å². The average molecular weight is 420 g/mol. The highest BCUT2D eigenvalue weighted by Crippen LogP contribution is 2.36. The van der Waals surface area contributed by atoms with E-state index in [0.29, 0.717) is 17.9 Å². The number of halogens is 4. The molecule has 0 spiro atoms. The van der Waals surface area contributed by atoms with Gasteiger partial charge in [0, 0.05) is 30.4 Å². The summed E-state index contributed by atoms with van der Waals surface area (Å²) in [5, 5.41) is 0.308. The largest absolute Gasteiger partial charge is 0.419 e. The molecule has 1 N–H and O–H groups in total. The summed E-state index contributed by atoms with van der Waals surface area (Å²) in [6.07, 6.45) is -2.44. The van der Waals surface area contributed by atoms with Crippen LogP contribution < -0.4 is 9.62 Å². The van der Waals surface area contributed by atoms with Gasteiger partial charge in [0.05, 0.1) is 10.5 Å². The van der Waals surface area contributed by atoms with Crippen LogP contribution in [0.25, 0.3) is 0 Å². The normalized spacial score (nSPS) is 16.5. The maximum Gasteiger partial charge on any atom is 0.419 e. The van der Waals surface area contributed by atoms with E-state index < -0.39 is 21.8 Å². The molecule has 0 radical (unpaired) electrons. The third kappa shape index (κ3) is 4.72. The van der Waals surface area contributed by atoms with Crippen molar-refractivity contribution in [1.29, 1.82) is 0 Å². The highest BCUT2D eigenvalue weighted by Gasteiger charge is 2.36. The Labute approximate surface area is 160 Å². The standard InChI is InChI=1S/C17H17ClF3N3O2S/c18-12-3-1-4-14(11-12)27(25,26)23-13-6-9-24(10-7-13)16-15(17(19,20)21)5-2-8-22-16/h1-5,8,11,13,23H,6-7,9-10H2. The number of hydrogen-bond acceptors (Lipinski definition) is 4. The van der Waals surface area contributed by atoms with Gasteiger partial charge in [-0.05, 0) is 43.2 Å². The quantitative estimate of drug-likeness (QED) is 0.820. The number of benzene rings is 1. The first-order valence-electron chi connectivity index (χ1n) is 8.22. The minimum absolute atomic E-state index is 0.0570. The molecule has 5 nitrogen and oxygen atoms in total. The Kier molecular flexibility index (Phi) is 5.64. The molecule has 10 heteroatoms. The molecule has 1 fully saturated rings. The fourth-order valence-electron chi connectivity index (χ4n) is 3.00. The van der Waals surface area contributed by atoms with Gasteiger partial charge in [-0.1, -0.05) is 17.7 Å². The van der Waals surface area contributed by atoms with Gasteiger partial charge >= 0.3 is 6.18 Å². The first-order chi connectivity index (χ1) is 12.7. The number of nitrogens with one attached hydrogen (secondary N) is 1. The zero-order valence-corrected chi connectivity index (χ0v) is 15.7. The lowest BCUT2D eigenvalue weighted by Crippen LogP contribution is -2.45. The summed E-state index contributed by atoms with van der Waals surface area (Å²) >= 11 is 5.83. The van der Waals surface area contributed by atoms with E-state index in [4.69, 9.17) is 11.6 Å². The molecule has 1 aromatic heterocycles. The fraction of sp³-hybridized carbons (Fsp3) is 0.353. The van der Waals surface area contributed by atoms with E-state index in [9.17, 15) is 21.6 Å². The van der Waals surface area contributed by atoms with Gasteiger partial charge in [0.15, 0.2) is 0 Å². The van der Waals surface area contributed by atoms with Crippen LogP contribution in [0.15, 0.2) is 47.5 Å². The lowest BCUT2D eigenvalue weighted by Gasteiger charge is -2.34. The van der Waals surface area contributed by atoms with Crippen molar-refractivity contribution < 1.29 is 21.6 Å². The maximum absolute atomic E-state index is 13.2. The summed E-state index contributed by atoms with van der Waals surface area (Å²) in [5.74, 6) is -0.124. The lowest BCUT2D eigenvalue weighted by molar-refractivity contribution is -0.137. The van der Waals surface area contributed by atoms with Gasteiger partial charge in [0.2, 0.25) is 10.0 Å². The monoisotopic (exact) mass is 419 g/mol. The summed E-state index contributed by atoms with van der Waals surface area (Å²) in [7, 11) is -3.74. The van der Waals surface area contributed by atoms with E-state index in [1.165, 1.54) is 29.3 Å². The van der Waals surface area contributed by atoms with Crippen molar-refractivity contribution >= 4 is 27.4 Å². The number of hydrogen-bond donors (Lipinski definition) is 1. The van der Waals surface area contributed by atoms with E-state index in [-0.39, 0.29) is 29.8 Å². The van der Waals surface area contributed by atoms with Crippen LogP contribution in [-0.4, -0.2) is 32.5 Å². The van der Waals surface area contributed by atoms with E-state index in [0.717, 1.165) is 6.07 Å². The zero-order valence-electron chi connectivity index (χ0n) is 14.1. The molecule has 0 saturated carbocycles. The number of nitrogens with zero attached hydrogens (tertiary/aromatic N) is 2. The minimum atomic E-state index is -4.49. The summed E-state index contributed by atoms with van der Waals surface area (Å²) in [4.78, 5) is 5.47. The molecular formula is C17H17ClF3N3O2S. The SMILES string of the molecule is O=S(=O)(NC1CCN(c2ncccc2C(F)(F)F)CC1)c1cccc(Cl)c1. The molecule has 3 rings (SSSR count). The van der Waals surface area contributed by atoms with Gasteiger partial charge in [-0.15, -0.1) is 0 Å². The molecule has 27 heavy (non-hydrogen) atoms. The van der Waals surface area contributed by atoms with Crippen molar-refractivity contribution in [3.8, 4) is 0 Å². The highest BCUT2D eigenvalue weighted by molar-refractivity contribution is 7.89. The second-order valence-electron chi connectivity index (χ2n) is 6.21. The maximum atomic E-state index is 13.2. The zero-order chi connectivity index (χ0) is 19.7. The van der Waals surface area contributed by atoms with Gasteiger partial charge in [0.25, 0.3) is 0 Å². The van der Waals surface area contributed by atoms with E-state index in [1.54, 1.807) is 12.1 Å². The average Bonchev–Trinajstić information content (AvgIpc) is 2.61. The van der Waals surface area contributed by atoms with Crippen LogP contribution in [0.2, 0.25) is 5.02 Å². The van der Waals surface area contributed by atoms with E-state index in [1.807, 2.05) is 0 Å². The Morgan fingerprint density at radius 2 is 1.85 bits per heavy atom. The van der Waals surface area contributed by atoms with Crippen LogP contribution in [-0.2, 0) is 16.2 Å². The Morgan fingerprint density at radius 3 is 2.48 bits per heavy atom. The third-order valence-electron chi connectivity index (χ3n) is 4.31. The summed E-state index contributed by atoms with van der Waals surface area (Å²) in [5.41, 5.74) is -0.789. The van der Waals surface area contributed by atoms with Gasteiger partial charge in [0.1, 0.15) is 5.82 Å². The van der Waals surface area contributed by atoms with Crippen molar-refractivity contribution in [2.24, 2.45) is 0 Å². The minimum Gasteiger partial charge on any atom is -0.356 e. The second-order valence-corrected chi connectivity index (χ2v) is 8.36. The Morgan fingerprint density at radius 1 is 1.15 bits per heavy atom. The summed E-state index contributed by atoms with van der Waals surface area (Å²) in [6.45, 7) is 0.533. The third-order valence-corrected chi connectivity index (χ3v) is 6.07. The van der Waals surface area contributed by atoms with Crippen molar-refractivity contribution in [3.05, 3.63) is 53.2 Å². The van der Waals surface area contributed by atoms with Crippen LogP contribution in [0.1, 0.15) is 18.4 Å². The van der Waals surface area contributed by atoms with Crippen LogP contribution in [0, 0.1) is 0 Å². The smallest absolute Gasteiger partial charge is 0.356 e. The molecule has 2 aromatic rings. The first kappa shape index (κ1) is 19.9. The Balaban J connectivity index is 1.68. The van der Waals surface area contributed by atoms with Crippen LogP contribution in [0.5, 0.6) is 0 Å². The molecule has 1 aromatic carbocycles. The molecule has 0 amide bonds. The van der Waals surface area contributed by atoms with Gasteiger partial charge in [-0.25, -0.2) is 18.1 Å².